The number of thiazole rings is 1. The highest BCUT2D eigenvalue weighted by Crippen LogP contribution is 2.29. The predicted octanol–water partition coefficient (Wildman–Crippen LogP) is 3.35. The molecule has 1 N–H and O–H groups in total. The van der Waals surface area contributed by atoms with E-state index in [0.29, 0.717) is 17.1 Å². The van der Waals surface area contributed by atoms with Gasteiger partial charge in [-0.3, -0.25) is 9.48 Å². The predicted molar refractivity (Wildman–Crippen MR) is 101 cm³/mol. The highest BCUT2D eigenvalue weighted by atomic mass is 32.1. The van der Waals surface area contributed by atoms with Crippen LogP contribution in [0.25, 0.3) is 20.9 Å². The van der Waals surface area contributed by atoms with Crippen LogP contribution >= 0.6 is 11.3 Å². The average Bonchev–Trinajstić information content (AvgIpc) is 3.25. The first-order chi connectivity index (χ1) is 12.6. The topological polar surface area (TPSA) is 81.9 Å². The Bertz CT molecular complexity index is 1050. The smallest absolute Gasteiger partial charge is 0.262 e. The largest absolute Gasteiger partial charge is 0.479 e. The molecule has 1 amide bonds. The van der Waals surface area contributed by atoms with Crippen LogP contribution in [0.15, 0.2) is 48.8 Å². The summed E-state index contributed by atoms with van der Waals surface area (Å²) in [6, 6.07) is 11.3. The summed E-state index contributed by atoms with van der Waals surface area (Å²) in [5.74, 6) is 0.0236. The minimum absolute atomic E-state index is 0.271. The van der Waals surface area contributed by atoms with Gasteiger partial charge in [-0.2, -0.15) is 0 Å². The van der Waals surface area contributed by atoms with E-state index >= 15 is 0 Å². The van der Waals surface area contributed by atoms with Crippen molar-refractivity contribution in [2.45, 2.75) is 0 Å². The van der Waals surface area contributed by atoms with Gasteiger partial charge in [0, 0.05) is 30.7 Å². The molecule has 0 bridgehead atoms. The van der Waals surface area contributed by atoms with Gasteiger partial charge >= 0.3 is 0 Å². The van der Waals surface area contributed by atoms with Crippen molar-refractivity contribution >= 4 is 33.3 Å². The molecule has 0 fully saturated rings. The Kier molecular flexibility index (Phi) is 4.10. The normalized spacial score (nSPS) is 10.8. The molecule has 0 saturated carbocycles. The van der Waals surface area contributed by atoms with E-state index < -0.39 is 0 Å². The van der Waals surface area contributed by atoms with Crippen LogP contribution in [0.5, 0.6) is 5.88 Å². The maximum atomic E-state index is 12.4. The van der Waals surface area contributed by atoms with Gasteiger partial charge in [0.05, 0.1) is 7.11 Å². The molecule has 4 aromatic rings. The third kappa shape index (κ3) is 3.02. The van der Waals surface area contributed by atoms with Crippen LogP contribution in [0.2, 0.25) is 0 Å². The van der Waals surface area contributed by atoms with E-state index in [4.69, 9.17) is 4.74 Å². The number of methoxy groups -OCH3 is 1. The van der Waals surface area contributed by atoms with Gasteiger partial charge in [-0.05, 0) is 36.4 Å². The van der Waals surface area contributed by atoms with Gasteiger partial charge in [-0.25, -0.2) is 9.97 Å². The van der Waals surface area contributed by atoms with Crippen molar-refractivity contribution in [3.05, 3.63) is 54.4 Å². The second-order valence-electron chi connectivity index (χ2n) is 5.60. The first-order valence-electron chi connectivity index (χ1n) is 7.85. The first-order valence-corrected chi connectivity index (χ1v) is 8.66. The zero-order chi connectivity index (χ0) is 18.1. The fourth-order valence-electron chi connectivity index (χ4n) is 2.56. The van der Waals surface area contributed by atoms with Gasteiger partial charge in [0.2, 0.25) is 5.88 Å². The second-order valence-corrected chi connectivity index (χ2v) is 6.58. The number of hydrogen-bond donors (Lipinski definition) is 1. The lowest BCUT2D eigenvalue weighted by Gasteiger charge is -2.05. The number of carbonyl (C=O) groups is 1. The monoisotopic (exact) mass is 365 g/mol. The highest BCUT2D eigenvalue weighted by Gasteiger charge is 2.16. The van der Waals surface area contributed by atoms with E-state index in [-0.39, 0.29) is 5.91 Å². The van der Waals surface area contributed by atoms with E-state index in [1.807, 2.05) is 36.4 Å². The minimum atomic E-state index is -0.271. The fourth-order valence-corrected chi connectivity index (χ4v) is 3.48. The van der Waals surface area contributed by atoms with Crippen molar-refractivity contribution < 1.29 is 9.53 Å². The van der Waals surface area contributed by atoms with Crippen molar-refractivity contribution in [3.8, 4) is 16.5 Å². The standard InChI is InChI=1S/C18H15N5O2S/c1-23-10-13(16(22-23)25-2)15(24)20-12-7-5-11(6-8-12)17-21-14-4-3-9-19-18(14)26-17/h3-10H,1-2H3,(H,20,24). The molecule has 0 atom stereocenters. The second kappa shape index (κ2) is 6.57. The molecule has 7 nitrogen and oxygen atoms in total. The lowest BCUT2D eigenvalue weighted by Crippen LogP contribution is -2.12. The molecule has 1 aromatic carbocycles. The number of nitrogens with zero attached hydrogens (tertiary/aromatic N) is 4. The van der Waals surface area contributed by atoms with Crippen molar-refractivity contribution in [2.24, 2.45) is 7.05 Å². The number of fused-ring (bicyclic) bond motifs is 1. The number of anilines is 1. The third-order valence-electron chi connectivity index (χ3n) is 3.79. The van der Waals surface area contributed by atoms with Gasteiger partial charge in [0.15, 0.2) is 0 Å². The molecule has 3 aromatic heterocycles. The Morgan fingerprint density at radius 1 is 1.23 bits per heavy atom. The van der Waals surface area contributed by atoms with Crippen LogP contribution < -0.4 is 10.1 Å². The molecule has 0 radical (unpaired) electrons. The molecule has 0 aliphatic carbocycles. The van der Waals surface area contributed by atoms with Crippen LogP contribution in [0.1, 0.15) is 10.4 Å². The van der Waals surface area contributed by atoms with Crippen molar-refractivity contribution in [2.75, 3.05) is 12.4 Å². The molecular formula is C18H15N5O2S. The molecule has 0 aliphatic heterocycles. The lowest BCUT2D eigenvalue weighted by molar-refractivity contribution is 0.102. The summed E-state index contributed by atoms with van der Waals surface area (Å²) in [4.78, 5) is 22.2. The van der Waals surface area contributed by atoms with E-state index in [9.17, 15) is 4.79 Å². The van der Waals surface area contributed by atoms with Crippen LogP contribution in [0.3, 0.4) is 0 Å². The number of aromatic nitrogens is 4. The van der Waals surface area contributed by atoms with Crippen LogP contribution in [-0.4, -0.2) is 32.8 Å². The van der Waals surface area contributed by atoms with Gasteiger partial charge in [0.25, 0.3) is 5.91 Å². The van der Waals surface area contributed by atoms with Gasteiger partial charge in [-0.15, -0.1) is 5.10 Å². The van der Waals surface area contributed by atoms with Crippen molar-refractivity contribution in [1.29, 1.82) is 0 Å². The maximum Gasteiger partial charge on any atom is 0.262 e. The SMILES string of the molecule is COc1nn(C)cc1C(=O)Nc1ccc(-c2nc3cccnc3s2)cc1. The molecule has 3 heterocycles. The summed E-state index contributed by atoms with van der Waals surface area (Å²) in [6.45, 7) is 0. The molecule has 8 heteroatoms. The summed E-state index contributed by atoms with van der Waals surface area (Å²) in [5.41, 5.74) is 2.93. The Hall–Kier alpha value is -3.26. The third-order valence-corrected chi connectivity index (χ3v) is 4.82. The maximum absolute atomic E-state index is 12.4. The number of carbonyl (C=O) groups excluding carboxylic acids is 1. The zero-order valence-corrected chi connectivity index (χ0v) is 14.9. The summed E-state index contributed by atoms with van der Waals surface area (Å²) >= 11 is 1.54. The summed E-state index contributed by atoms with van der Waals surface area (Å²) in [7, 11) is 3.22. The van der Waals surface area contributed by atoms with E-state index in [2.05, 4.69) is 20.4 Å². The number of aryl methyl sites for hydroxylation is 1. The minimum Gasteiger partial charge on any atom is -0.479 e. The zero-order valence-electron chi connectivity index (χ0n) is 14.1. The van der Waals surface area contributed by atoms with Crippen molar-refractivity contribution in [3.63, 3.8) is 0 Å². The molecular weight excluding hydrogens is 350 g/mol. The molecule has 0 unspecified atom stereocenters. The Labute approximate surface area is 153 Å². The van der Waals surface area contributed by atoms with Crippen molar-refractivity contribution in [1.82, 2.24) is 19.7 Å². The summed E-state index contributed by atoms with van der Waals surface area (Å²) < 4.78 is 6.66. The highest BCUT2D eigenvalue weighted by molar-refractivity contribution is 7.21. The number of nitrogens with one attached hydrogen (secondary N) is 1. The van der Waals surface area contributed by atoms with Crippen LogP contribution in [0.4, 0.5) is 5.69 Å². The van der Waals surface area contributed by atoms with Gasteiger partial charge < -0.3 is 10.1 Å². The average molecular weight is 365 g/mol. The Morgan fingerprint density at radius 3 is 2.77 bits per heavy atom. The first kappa shape index (κ1) is 16.2. The van der Waals surface area contributed by atoms with E-state index in [1.165, 1.54) is 23.1 Å². The summed E-state index contributed by atoms with van der Waals surface area (Å²) in [6.07, 6.45) is 3.38. The number of amides is 1. The molecule has 0 saturated heterocycles. The molecule has 4 rings (SSSR count). The molecule has 130 valence electrons. The van der Waals surface area contributed by atoms with Gasteiger partial charge in [-0.1, -0.05) is 11.3 Å². The molecule has 26 heavy (non-hydrogen) atoms. The quantitative estimate of drug-likeness (QED) is 0.600. The fraction of sp³-hybridized carbons (Fsp3) is 0.111. The van der Waals surface area contributed by atoms with Gasteiger partial charge in [0.1, 0.15) is 20.9 Å². The van der Waals surface area contributed by atoms with Crippen LogP contribution in [0, 0.1) is 0 Å². The number of ether oxygens (including phenoxy) is 1. The van der Waals surface area contributed by atoms with E-state index in [1.54, 1.807) is 19.4 Å². The molecule has 0 aliphatic rings. The van der Waals surface area contributed by atoms with E-state index in [0.717, 1.165) is 20.9 Å². The van der Waals surface area contributed by atoms with Crippen LogP contribution in [-0.2, 0) is 7.05 Å². The lowest BCUT2D eigenvalue weighted by atomic mass is 10.2. The number of pyridine rings is 1. The Balaban J connectivity index is 1.55. The number of hydrogen-bond acceptors (Lipinski definition) is 6. The number of benzene rings is 1. The molecule has 0 spiro atoms. The summed E-state index contributed by atoms with van der Waals surface area (Å²) in [5, 5.41) is 7.83. The Morgan fingerprint density at radius 2 is 2.04 bits per heavy atom. The number of rotatable bonds is 4.